The fourth-order valence-electron chi connectivity index (χ4n) is 3.31. The molecule has 2 aromatic carbocycles. The predicted octanol–water partition coefficient (Wildman–Crippen LogP) is 4.46. The second-order valence-corrected chi connectivity index (χ2v) is 6.65. The number of hydrogen-bond acceptors (Lipinski definition) is 1. The van der Waals surface area contributed by atoms with Gasteiger partial charge in [-0.25, -0.2) is 0 Å². The number of benzene rings is 2. The van der Waals surface area contributed by atoms with Crippen molar-refractivity contribution in [3.63, 3.8) is 0 Å². The zero-order valence-electron chi connectivity index (χ0n) is 12.9. The maximum atomic E-state index is 12.0. The average Bonchev–Trinajstić information content (AvgIpc) is 2.85. The molecule has 0 unspecified atom stereocenters. The Balaban J connectivity index is 2.19. The fourth-order valence-corrected chi connectivity index (χ4v) is 3.58. The van der Waals surface area contributed by atoms with E-state index in [4.69, 9.17) is 0 Å². The number of aryl methyl sites for hydroxylation is 2. The lowest BCUT2D eigenvalue weighted by atomic mass is 10.00. The summed E-state index contributed by atoms with van der Waals surface area (Å²) >= 11 is 3.49. The third-order valence-electron chi connectivity index (χ3n) is 4.43. The van der Waals surface area contributed by atoms with Gasteiger partial charge in [0, 0.05) is 35.4 Å². The molecule has 0 saturated carbocycles. The highest BCUT2D eigenvalue weighted by molar-refractivity contribution is 9.10. The largest absolute Gasteiger partial charge is 0.330 e. The molecule has 2 aromatic heterocycles. The number of hydrogen-bond donors (Lipinski definition) is 0. The summed E-state index contributed by atoms with van der Waals surface area (Å²) in [6.45, 7) is 0. The van der Waals surface area contributed by atoms with Gasteiger partial charge in [-0.2, -0.15) is 0 Å². The Morgan fingerprint density at radius 2 is 1.61 bits per heavy atom. The van der Waals surface area contributed by atoms with Crippen LogP contribution in [0.5, 0.6) is 0 Å². The number of aromatic nitrogens is 2. The molecule has 0 aliphatic rings. The van der Waals surface area contributed by atoms with Crippen molar-refractivity contribution in [2.45, 2.75) is 0 Å². The van der Waals surface area contributed by atoms with E-state index in [9.17, 15) is 4.79 Å². The minimum absolute atomic E-state index is 0.00796. The Hall–Kier alpha value is -2.33. The van der Waals surface area contributed by atoms with Crippen molar-refractivity contribution in [1.82, 2.24) is 9.13 Å². The summed E-state index contributed by atoms with van der Waals surface area (Å²) < 4.78 is 4.86. The average molecular weight is 367 g/mol. The van der Waals surface area contributed by atoms with Crippen LogP contribution in [0.25, 0.3) is 33.1 Å². The Kier molecular flexibility index (Phi) is 3.16. The molecule has 114 valence electrons. The van der Waals surface area contributed by atoms with Gasteiger partial charge in [0.05, 0.1) is 5.52 Å². The van der Waals surface area contributed by atoms with Gasteiger partial charge in [0.25, 0.3) is 5.56 Å². The third kappa shape index (κ3) is 2.05. The van der Waals surface area contributed by atoms with Gasteiger partial charge in [-0.3, -0.25) is 9.36 Å². The topological polar surface area (TPSA) is 26.9 Å². The first-order valence-corrected chi connectivity index (χ1v) is 8.20. The van der Waals surface area contributed by atoms with Gasteiger partial charge < -0.3 is 4.57 Å². The van der Waals surface area contributed by atoms with E-state index in [1.165, 1.54) is 16.5 Å². The Morgan fingerprint density at radius 3 is 2.35 bits per heavy atom. The second-order valence-electron chi connectivity index (χ2n) is 5.73. The van der Waals surface area contributed by atoms with Crippen LogP contribution in [0.2, 0.25) is 0 Å². The van der Waals surface area contributed by atoms with E-state index >= 15 is 0 Å². The highest BCUT2D eigenvalue weighted by Gasteiger charge is 2.15. The molecule has 4 heteroatoms. The van der Waals surface area contributed by atoms with Gasteiger partial charge >= 0.3 is 0 Å². The van der Waals surface area contributed by atoms with Crippen LogP contribution in [0.4, 0.5) is 0 Å². The normalized spacial score (nSPS) is 11.4. The van der Waals surface area contributed by atoms with Crippen molar-refractivity contribution in [3.05, 3.63) is 69.4 Å². The van der Waals surface area contributed by atoms with Gasteiger partial charge in [-0.1, -0.05) is 40.2 Å². The summed E-state index contributed by atoms with van der Waals surface area (Å²) in [6, 6.07) is 18.2. The van der Waals surface area contributed by atoms with Crippen molar-refractivity contribution in [2.24, 2.45) is 14.1 Å². The van der Waals surface area contributed by atoms with E-state index in [0.29, 0.717) is 0 Å². The first-order chi connectivity index (χ1) is 11.1. The quantitative estimate of drug-likeness (QED) is 0.488. The SMILES string of the molecule is Cn1c(=O)ccc2c3c(-c4ccc(Br)cc4)cccc3n(C)c21. The molecule has 0 radical (unpaired) electrons. The highest BCUT2D eigenvalue weighted by Crippen LogP contribution is 2.35. The van der Waals surface area contributed by atoms with Crippen LogP contribution in [-0.4, -0.2) is 9.13 Å². The lowest BCUT2D eigenvalue weighted by Crippen LogP contribution is -2.16. The molecule has 0 amide bonds. The van der Waals surface area contributed by atoms with E-state index in [-0.39, 0.29) is 5.56 Å². The van der Waals surface area contributed by atoms with Gasteiger partial charge in [-0.15, -0.1) is 0 Å². The zero-order chi connectivity index (χ0) is 16.1. The van der Waals surface area contributed by atoms with Crippen molar-refractivity contribution in [2.75, 3.05) is 0 Å². The number of nitrogens with zero attached hydrogens (tertiary/aromatic N) is 2. The minimum Gasteiger partial charge on any atom is -0.330 e. The lowest BCUT2D eigenvalue weighted by molar-refractivity contribution is 0.845. The molecular formula is C19H15BrN2O. The van der Waals surface area contributed by atoms with Gasteiger partial charge in [-0.05, 0) is 35.4 Å². The second kappa shape index (κ2) is 5.10. The molecule has 4 rings (SSSR count). The third-order valence-corrected chi connectivity index (χ3v) is 4.96. The Labute approximate surface area is 141 Å². The molecule has 23 heavy (non-hydrogen) atoms. The predicted molar refractivity (Wildman–Crippen MR) is 98.8 cm³/mol. The smallest absolute Gasteiger partial charge is 0.251 e. The minimum atomic E-state index is 0.00796. The van der Waals surface area contributed by atoms with Crippen LogP contribution in [0.1, 0.15) is 0 Å². The van der Waals surface area contributed by atoms with Crippen molar-refractivity contribution >= 4 is 37.9 Å². The molecule has 0 saturated heterocycles. The Morgan fingerprint density at radius 1 is 0.870 bits per heavy atom. The summed E-state index contributed by atoms with van der Waals surface area (Å²) in [5.74, 6) is 0. The number of rotatable bonds is 1. The van der Waals surface area contributed by atoms with E-state index in [2.05, 4.69) is 63.0 Å². The number of fused-ring (bicyclic) bond motifs is 3. The van der Waals surface area contributed by atoms with Crippen LogP contribution >= 0.6 is 15.9 Å². The van der Waals surface area contributed by atoms with Crippen LogP contribution in [0, 0.1) is 0 Å². The maximum Gasteiger partial charge on any atom is 0.251 e. The van der Waals surface area contributed by atoms with Gasteiger partial charge in [0.2, 0.25) is 0 Å². The van der Waals surface area contributed by atoms with Crippen LogP contribution < -0.4 is 5.56 Å². The molecule has 0 bridgehead atoms. The maximum absolute atomic E-state index is 12.0. The molecule has 0 aliphatic heterocycles. The lowest BCUT2D eigenvalue weighted by Gasteiger charge is -2.05. The first kappa shape index (κ1) is 14.3. The number of pyridine rings is 1. The van der Waals surface area contributed by atoms with Crippen LogP contribution in [-0.2, 0) is 14.1 Å². The van der Waals surface area contributed by atoms with Gasteiger partial charge in [0.1, 0.15) is 5.65 Å². The summed E-state index contributed by atoms with van der Waals surface area (Å²) in [5, 5.41) is 2.28. The van der Waals surface area contributed by atoms with Crippen molar-refractivity contribution in [3.8, 4) is 11.1 Å². The van der Waals surface area contributed by atoms with Crippen LogP contribution in [0.15, 0.2) is 63.9 Å². The molecule has 0 N–H and O–H groups in total. The zero-order valence-corrected chi connectivity index (χ0v) is 14.5. The molecule has 4 aromatic rings. The van der Waals surface area contributed by atoms with Gasteiger partial charge in [0.15, 0.2) is 0 Å². The highest BCUT2D eigenvalue weighted by atomic mass is 79.9. The van der Waals surface area contributed by atoms with Crippen molar-refractivity contribution < 1.29 is 0 Å². The van der Waals surface area contributed by atoms with E-state index < -0.39 is 0 Å². The number of halogens is 1. The summed E-state index contributed by atoms with van der Waals surface area (Å²) in [4.78, 5) is 12.0. The van der Waals surface area contributed by atoms with E-state index in [0.717, 1.165) is 21.0 Å². The van der Waals surface area contributed by atoms with Crippen molar-refractivity contribution in [1.29, 1.82) is 0 Å². The van der Waals surface area contributed by atoms with Crippen LogP contribution in [0.3, 0.4) is 0 Å². The standard InChI is InChI=1S/C19H15BrN2O/c1-21-16-5-3-4-14(12-6-8-13(20)9-7-12)18(16)15-10-11-17(23)22(2)19(15)21/h3-11H,1-2H3. The molecule has 2 heterocycles. The molecule has 0 fully saturated rings. The Bertz CT molecular complexity index is 1100. The molecule has 0 atom stereocenters. The fraction of sp³-hybridized carbons (Fsp3) is 0.105. The summed E-state index contributed by atoms with van der Waals surface area (Å²) in [5.41, 5.74) is 4.42. The molecule has 3 nitrogen and oxygen atoms in total. The van der Waals surface area contributed by atoms with E-state index in [1.54, 1.807) is 10.6 Å². The summed E-state index contributed by atoms with van der Waals surface area (Å²) in [7, 11) is 3.83. The first-order valence-electron chi connectivity index (χ1n) is 7.41. The molecule has 0 spiro atoms. The molecule has 0 aliphatic carbocycles. The summed E-state index contributed by atoms with van der Waals surface area (Å²) in [6.07, 6.45) is 0. The monoisotopic (exact) mass is 366 g/mol. The van der Waals surface area contributed by atoms with E-state index in [1.807, 2.05) is 20.2 Å². The molecular weight excluding hydrogens is 352 g/mol.